The molecular weight excluding hydrogens is 342 g/mol. The van der Waals surface area contributed by atoms with Gasteiger partial charge in [0.1, 0.15) is 5.54 Å². The molecule has 0 unspecified atom stereocenters. The van der Waals surface area contributed by atoms with Crippen LogP contribution in [-0.4, -0.2) is 29.9 Å². The maximum atomic E-state index is 12.5. The average molecular weight is 364 g/mol. The molecule has 2 rings (SSSR count). The third kappa shape index (κ3) is 3.61. The molecule has 0 radical (unpaired) electrons. The Morgan fingerprint density at radius 1 is 1.41 bits per heavy atom. The van der Waals surface area contributed by atoms with Crippen LogP contribution in [0.4, 0.5) is 5.69 Å². The van der Waals surface area contributed by atoms with Crippen molar-refractivity contribution in [2.75, 3.05) is 18.9 Å². The Balaban J connectivity index is 2.00. The lowest BCUT2D eigenvalue weighted by Gasteiger charge is -2.39. The fourth-order valence-corrected chi connectivity index (χ4v) is 3.58. The molecule has 0 bridgehead atoms. The molecule has 1 saturated carbocycles. The first kappa shape index (κ1) is 16.8. The molecule has 1 aromatic rings. The second-order valence-electron chi connectivity index (χ2n) is 5.99. The fourth-order valence-electron chi connectivity index (χ4n) is 2.95. The first-order valence-corrected chi connectivity index (χ1v) is 8.46. The van der Waals surface area contributed by atoms with Crippen LogP contribution >= 0.6 is 15.9 Å². The van der Waals surface area contributed by atoms with E-state index < -0.39 is 5.54 Å². The normalized spacial score (nSPS) is 16.6. The minimum atomic E-state index is -0.623. The number of amides is 1. The first-order chi connectivity index (χ1) is 10.5. The van der Waals surface area contributed by atoms with E-state index in [1.165, 1.54) is 0 Å². The van der Waals surface area contributed by atoms with Crippen molar-refractivity contribution in [1.29, 1.82) is 5.26 Å². The van der Waals surface area contributed by atoms with E-state index in [1.54, 1.807) is 11.9 Å². The van der Waals surface area contributed by atoms with Gasteiger partial charge in [-0.1, -0.05) is 25.3 Å². The molecule has 118 valence electrons. The maximum absolute atomic E-state index is 12.5. The van der Waals surface area contributed by atoms with Crippen molar-refractivity contribution in [3.63, 3.8) is 0 Å². The van der Waals surface area contributed by atoms with Crippen LogP contribution in [0.15, 0.2) is 22.7 Å². The zero-order chi connectivity index (χ0) is 16.2. The molecular formula is C17H22BrN3O. The lowest BCUT2D eigenvalue weighted by molar-refractivity contribution is -0.132. The van der Waals surface area contributed by atoms with Gasteiger partial charge in [-0.2, -0.15) is 5.26 Å². The lowest BCUT2D eigenvalue weighted by atomic mass is 9.81. The number of carbonyl (C=O) groups is 1. The van der Waals surface area contributed by atoms with Crippen molar-refractivity contribution in [1.82, 2.24) is 4.90 Å². The fraction of sp³-hybridized carbons (Fsp3) is 0.529. The van der Waals surface area contributed by atoms with Gasteiger partial charge in [0.2, 0.25) is 5.91 Å². The van der Waals surface area contributed by atoms with Crippen LogP contribution in [-0.2, 0) is 4.79 Å². The molecule has 0 saturated heterocycles. The van der Waals surface area contributed by atoms with Gasteiger partial charge in [0.15, 0.2) is 0 Å². The smallest absolute Gasteiger partial charge is 0.242 e. The summed E-state index contributed by atoms with van der Waals surface area (Å²) >= 11 is 3.50. The Bertz CT molecular complexity index is 588. The topological polar surface area (TPSA) is 56.1 Å². The van der Waals surface area contributed by atoms with E-state index in [1.807, 2.05) is 25.1 Å². The summed E-state index contributed by atoms with van der Waals surface area (Å²) < 4.78 is 0.940. The molecule has 1 fully saturated rings. The van der Waals surface area contributed by atoms with Gasteiger partial charge in [0, 0.05) is 17.2 Å². The number of nitrogens with zero attached hydrogens (tertiary/aromatic N) is 2. The van der Waals surface area contributed by atoms with Gasteiger partial charge >= 0.3 is 0 Å². The van der Waals surface area contributed by atoms with Gasteiger partial charge in [-0.05, 0) is 53.4 Å². The van der Waals surface area contributed by atoms with Crippen LogP contribution in [0, 0.1) is 18.3 Å². The molecule has 0 aliphatic heterocycles. The van der Waals surface area contributed by atoms with Crippen molar-refractivity contribution in [2.24, 2.45) is 0 Å². The number of benzene rings is 1. The van der Waals surface area contributed by atoms with Gasteiger partial charge in [-0.3, -0.25) is 4.79 Å². The number of aryl methyl sites for hydroxylation is 1. The second-order valence-corrected chi connectivity index (χ2v) is 6.85. The standard InChI is InChI=1S/C17H22BrN3O/c1-13-6-7-15(14(18)10-13)20-11-16(22)21(2)17(12-19)8-4-3-5-9-17/h6-7,10,20H,3-5,8-9,11H2,1-2H3. The van der Waals surface area contributed by atoms with Gasteiger partial charge in [0.25, 0.3) is 0 Å². The third-order valence-electron chi connectivity index (χ3n) is 4.46. The number of nitrogens with one attached hydrogen (secondary N) is 1. The van der Waals surface area contributed by atoms with Crippen molar-refractivity contribution in [2.45, 2.75) is 44.6 Å². The number of hydrogen-bond acceptors (Lipinski definition) is 3. The van der Waals surface area contributed by atoms with Crippen LogP contribution in [0.1, 0.15) is 37.7 Å². The highest BCUT2D eigenvalue weighted by Crippen LogP contribution is 2.32. The third-order valence-corrected chi connectivity index (χ3v) is 5.12. The number of nitriles is 1. The van der Waals surface area contributed by atoms with Crippen molar-refractivity contribution >= 4 is 27.5 Å². The zero-order valence-electron chi connectivity index (χ0n) is 13.2. The minimum absolute atomic E-state index is 0.0454. The highest BCUT2D eigenvalue weighted by molar-refractivity contribution is 9.10. The molecule has 1 amide bonds. The summed E-state index contributed by atoms with van der Waals surface area (Å²) in [6.07, 6.45) is 4.74. The van der Waals surface area contributed by atoms with Gasteiger partial charge in [-0.15, -0.1) is 0 Å². The summed E-state index contributed by atoms with van der Waals surface area (Å²) in [7, 11) is 1.75. The summed E-state index contributed by atoms with van der Waals surface area (Å²) in [6.45, 7) is 2.22. The molecule has 0 spiro atoms. The van der Waals surface area contributed by atoms with Crippen molar-refractivity contribution < 1.29 is 4.79 Å². The maximum Gasteiger partial charge on any atom is 0.242 e. The van der Waals surface area contributed by atoms with Crippen LogP contribution in [0.5, 0.6) is 0 Å². The summed E-state index contributed by atoms with van der Waals surface area (Å²) in [5, 5.41) is 12.7. The van der Waals surface area contributed by atoms with E-state index in [0.29, 0.717) is 0 Å². The molecule has 0 aromatic heterocycles. The monoisotopic (exact) mass is 363 g/mol. The Morgan fingerprint density at radius 2 is 2.09 bits per heavy atom. The summed E-state index contributed by atoms with van der Waals surface area (Å²) in [5.74, 6) is -0.0454. The number of rotatable bonds is 4. The summed E-state index contributed by atoms with van der Waals surface area (Å²) in [5.41, 5.74) is 1.43. The Labute approximate surface area is 140 Å². The van der Waals surface area contributed by atoms with E-state index in [-0.39, 0.29) is 12.5 Å². The minimum Gasteiger partial charge on any atom is -0.375 e. The Morgan fingerprint density at radius 3 is 2.68 bits per heavy atom. The van der Waals surface area contributed by atoms with Gasteiger partial charge < -0.3 is 10.2 Å². The Kier molecular flexibility index (Phi) is 5.47. The molecule has 1 aliphatic rings. The van der Waals surface area contributed by atoms with E-state index in [0.717, 1.165) is 47.8 Å². The SMILES string of the molecule is Cc1ccc(NCC(=O)N(C)C2(C#N)CCCCC2)c(Br)c1. The number of hydrogen-bond donors (Lipinski definition) is 1. The van der Waals surface area contributed by atoms with Gasteiger partial charge in [-0.25, -0.2) is 0 Å². The second kappa shape index (κ2) is 7.15. The largest absolute Gasteiger partial charge is 0.375 e. The number of carbonyl (C=O) groups excluding carboxylic acids is 1. The first-order valence-electron chi connectivity index (χ1n) is 7.66. The molecule has 5 heteroatoms. The lowest BCUT2D eigenvalue weighted by Crippen LogP contribution is -2.51. The quantitative estimate of drug-likeness (QED) is 0.883. The summed E-state index contributed by atoms with van der Waals surface area (Å²) in [4.78, 5) is 14.1. The molecule has 22 heavy (non-hydrogen) atoms. The number of halogens is 1. The highest BCUT2D eigenvalue weighted by Gasteiger charge is 2.38. The molecule has 1 N–H and O–H groups in total. The van der Waals surface area contributed by atoms with Crippen molar-refractivity contribution in [3.05, 3.63) is 28.2 Å². The molecule has 0 atom stereocenters. The van der Waals surface area contributed by atoms with Gasteiger partial charge in [0.05, 0.1) is 12.6 Å². The van der Waals surface area contributed by atoms with Crippen LogP contribution in [0.25, 0.3) is 0 Å². The predicted molar refractivity (Wildman–Crippen MR) is 91.6 cm³/mol. The van der Waals surface area contributed by atoms with Crippen LogP contribution in [0.2, 0.25) is 0 Å². The highest BCUT2D eigenvalue weighted by atomic mass is 79.9. The average Bonchev–Trinajstić information content (AvgIpc) is 2.53. The number of anilines is 1. The van der Waals surface area contributed by atoms with Crippen molar-refractivity contribution in [3.8, 4) is 6.07 Å². The summed E-state index contributed by atoms with van der Waals surface area (Å²) in [6, 6.07) is 8.34. The van der Waals surface area contributed by atoms with E-state index in [2.05, 4.69) is 27.3 Å². The predicted octanol–water partition coefficient (Wildman–Crippen LogP) is 3.85. The zero-order valence-corrected chi connectivity index (χ0v) is 14.7. The molecule has 1 aromatic carbocycles. The van der Waals surface area contributed by atoms with E-state index in [4.69, 9.17) is 0 Å². The van der Waals surface area contributed by atoms with E-state index in [9.17, 15) is 10.1 Å². The number of likely N-dealkylation sites (N-methyl/N-ethyl adjacent to an activating group) is 1. The molecule has 4 nitrogen and oxygen atoms in total. The van der Waals surface area contributed by atoms with E-state index >= 15 is 0 Å². The Hall–Kier alpha value is -1.54. The van der Waals surface area contributed by atoms with Crippen LogP contribution in [0.3, 0.4) is 0 Å². The van der Waals surface area contributed by atoms with Crippen LogP contribution < -0.4 is 5.32 Å². The molecule has 1 aliphatic carbocycles. The molecule has 0 heterocycles.